The number of nitrogens with one attached hydrogen (secondary N) is 2. The molecule has 1 fully saturated rings. The number of hydrogen-bond donors (Lipinski definition) is 2. The molecule has 1 aliphatic rings. The van der Waals surface area contributed by atoms with Crippen LogP contribution in [0, 0.1) is 6.92 Å². The molecule has 3 rings (SSSR count). The lowest BCUT2D eigenvalue weighted by Gasteiger charge is -2.23. The molecule has 0 bridgehead atoms. The van der Waals surface area contributed by atoms with Gasteiger partial charge in [-0.3, -0.25) is 0 Å². The predicted molar refractivity (Wildman–Crippen MR) is 103 cm³/mol. The van der Waals surface area contributed by atoms with Gasteiger partial charge in [0.15, 0.2) is 0 Å². The minimum absolute atomic E-state index is 0.0499. The minimum Gasteiger partial charge on any atom is -0.376 e. The van der Waals surface area contributed by atoms with Crippen molar-refractivity contribution in [3.63, 3.8) is 0 Å². The highest BCUT2D eigenvalue weighted by Gasteiger charge is 2.18. The van der Waals surface area contributed by atoms with Gasteiger partial charge in [0.05, 0.1) is 6.10 Å². The molecule has 0 saturated carbocycles. The second-order valence-electron chi connectivity index (χ2n) is 7.65. The zero-order valence-corrected chi connectivity index (χ0v) is 15.6. The molecule has 0 radical (unpaired) electrons. The summed E-state index contributed by atoms with van der Waals surface area (Å²) in [4.78, 5) is 9.16. The number of para-hydroxylation sites is 1. The summed E-state index contributed by atoms with van der Waals surface area (Å²) in [5.74, 6) is 1.45. The second kappa shape index (κ2) is 7.40. The molecule has 2 heterocycles. The molecule has 2 aromatic rings. The fraction of sp³-hybridized carbons (Fsp3) is 0.500. The molecule has 0 amide bonds. The smallest absolute Gasteiger partial charge is 0.229 e. The van der Waals surface area contributed by atoms with E-state index < -0.39 is 0 Å². The quantitative estimate of drug-likeness (QED) is 0.844. The van der Waals surface area contributed by atoms with Crippen LogP contribution in [0.25, 0.3) is 0 Å². The van der Waals surface area contributed by atoms with Crippen LogP contribution in [0.3, 0.4) is 0 Å². The topological polar surface area (TPSA) is 59.1 Å². The molecule has 25 heavy (non-hydrogen) atoms. The van der Waals surface area contributed by atoms with Crippen LogP contribution in [0.15, 0.2) is 30.3 Å². The van der Waals surface area contributed by atoms with Gasteiger partial charge in [0.2, 0.25) is 5.95 Å². The molecule has 1 aliphatic heterocycles. The van der Waals surface area contributed by atoms with E-state index in [9.17, 15) is 0 Å². The molecule has 0 aliphatic carbocycles. The molecule has 1 atom stereocenters. The van der Waals surface area contributed by atoms with E-state index in [2.05, 4.69) is 59.6 Å². The van der Waals surface area contributed by atoms with Crippen LogP contribution in [0.2, 0.25) is 0 Å². The average molecular weight is 340 g/mol. The molecule has 5 heteroatoms. The second-order valence-corrected chi connectivity index (χ2v) is 7.65. The highest BCUT2D eigenvalue weighted by atomic mass is 16.5. The zero-order chi connectivity index (χ0) is 17.9. The number of ether oxygens (including phenoxy) is 1. The van der Waals surface area contributed by atoms with Crippen molar-refractivity contribution in [2.75, 3.05) is 23.8 Å². The summed E-state index contributed by atoms with van der Waals surface area (Å²) in [6.45, 7) is 10.3. The van der Waals surface area contributed by atoms with Crippen molar-refractivity contribution in [3.05, 3.63) is 41.6 Å². The molecule has 134 valence electrons. The Morgan fingerprint density at radius 2 is 2.00 bits per heavy atom. The summed E-state index contributed by atoms with van der Waals surface area (Å²) in [6, 6.07) is 10.3. The third-order valence-corrected chi connectivity index (χ3v) is 4.37. The predicted octanol–water partition coefficient (Wildman–Crippen LogP) is 4.42. The van der Waals surface area contributed by atoms with E-state index in [0.717, 1.165) is 43.2 Å². The first-order chi connectivity index (χ1) is 11.9. The van der Waals surface area contributed by atoms with Gasteiger partial charge in [-0.2, -0.15) is 4.98 Å². The first-order valence-corrected chi connectivity index (χ1v) is 8.99. The fourth-order valence-corrected chi connectivity index (χ4v) is 3.11. The Labute approximate surface area is 150 Å². The Morgan fingerprint density at radius 3 is 2.72 bits per heavy atom. The van der Waals surface area contributed by atoms with Crippen molar-refractivity contribution >= 4 is 17.5 Å². The lowest BCUT2D eigenvalue weighted by molar-refractivity contribution is 0.120. The fourth-order valence-electron chi connectivity index (χ4n) is 3.11. The van der Waals surface area contributed by atoms with Crippen LogP contribution >= 0.6 is 0 Å². The molecule has 1 unspecified atom stereocenters. The summed E-state index contributed by atoms with van der Waals surface area (Å²) >= 11 is 0. The lowest BCUT2D eigenvalue weighted by atomic mass is 9.86. The third kappa shape index (κ3) is 4.69. The van der Waals surface area contributed by atoms with Crippen molar-refractivity contribution in [1.82, 2.24) is 9.97 Å². The van der Waals surface area contributed by atoms with Gasteiger partial charge in [-0.05, 0) is 36.8 Å². The van der Waals surface area contributed by atoms with Crippen LogP contribution in [0.5, 0.6) is 0 Å². The molecular formula is C20H28N4O. The monoisotopic (exact) mass is 340 g/mol. The zero-order valence-electron chi connectivity index (χ0n) is 15.6. The number of rotatable bonds is 5. The Bertz CT molecular complexity index is 718. The molecule has 1 saturated heterocycles. The SMILES string of the molecule is Cc1cc(NCC2CCCO2)nc(Nc2ccccc2C(C)(C)C)n1. The lowest BCUT2D eigenvalue weighted by Crippen LogP contribution is -2.19. The minimum atomic E-state index is 0.0499. The van der Waals surface area contributed by atoms with E-state index in [1.54, 1.807) is 0 Å². The Hall–Kier alpha value is -2.14. The van der Waals surface area contributed by atoms with E-state index in [1.807, 2.05) is 19.1 Å². The molecule has 5 nitrogen and oxygen atoms in total. The van der Waals surface area contributed by atoms with Crippen molar-refractivity contribution < 1.29 is 4.74 Å². The Morgan fingerprint density at radius 1 is 1.20 bits per heavy atom. The van der Waals surface area contributed by atoms with E-state index in [0.29, 0.717) is 5.95 Å². The molecular weight excluding hydrogens is 312 g/mol. The van der Waals surface area contributed by atoms with E-state index in [1.165, 1.54) is 5.56 Å². The van der Waals surface area contributed by atoms with Gasteiger partial charge in [-0.25, -0.2) is 4.98 Å². The van der Waals surface area contributed by atoms with Crippen LogP contribution in [0.1, 0.15) is 44.9 Å². The highest BCUT2D eigenvalue weighted by molar-refractivity contribution is 5.61. The number of nitrogens with zero attached hydrogens (tertiary/aromatic N) is 2. The number of aromatic nitrogens is 2. The van der Waals surface area contributed by atoms with E-state index in [-0.39, 0.29) is 11.5 Å². The van der Waals surface area contributed by atoms with Gasteiger partial charge in [-0.1, -0.05) is 39.0 Å². The van der Waals surface area contributed by atoms with Crippen molar-refractivity contribution in [2.24, 2.45) is 0 Å². The standard InChI is InChI=1S/C20H28N4O/c1-14-12-18(21-13-15-8-7-11-25-15)24-19(22-14)23-17-10-6-5-9-16(17)20(2,3)4/h5-6,9-10,12,15H,7-8,11,13H2,1-4H3,(H2,21,22,23,24). The Kier molecular flexibility index (Phi) is 5.23. The first kappa shape index (κ1) is 17.7. The van der Waals surface area contributed by atoms with Crippen molar-refractivity contribution in [1.29, 1.82) is 0 Å². The third-order valence-electron chi connectivity index (χ3n) is 4.37. The molecule has 2 N–H and O–H groups in total. The maximum Gasteiger partial charge on any atom is 0.229 e. The van der Waals surface area contributed by atoms with Crippen LogP contribution < -0.4 is 10.6 Å². The summed E-state index contributed by atoms with van der Waals surface area (Å²) in [5, 5.41) is 6.78. The Balaban J connectivity index is 1.76. The normalized spacial score (nSPS) is 17.5. The average Bonchev–Trinajstić information content (AvgIpc) is 3.05. The van der Waals surface area contributed by atoms with E-state index >= 15 is 0 Å². The van der Waals surface area contributed by atoms with E-state index in [4.69, 9.17) is 4.74 Å². The van der Waals surface area contributed by atoms with Crippen LogP contribution in [-0.2, 0) is 10.2 Å². The first-order valence-electron chi connectivity index (χ1n) is 8.99. The largest absolute Gasteiger partial charge is 0.376 e. The van der Waals surface area contributed by atoms with Gasteiger partial charge >= 0.3 is 0 Å². The summed E-state index contributed by atoms with van der Waals surface area (Å²) in [7, 11) is 0. The number of aryl methyl sites for hydroxylation is 1. The van der Waals surface area contributed by atoms with Gasteiger partial charge in [-0.15, -0.1) is 0 Å². The van der Waals surface area contributed by atoms with Gasteiger partial charge in [0.1, 0.15) is 5.82 Å². The highest BCUT2D eigenvalue weighted by Crippen LogP contribution is 2.30. The van der Waals surface area contributed by atoms with Crippen LogP contribution in [0.4, 0.5) is 17.5 Å². The van der Waals surface area contributed by atoms with Gasteiger partial charge in [0, 0.05) is 30.6 Å². The summed E-state index contributed by atoms with van der Waals surface area (Å²) in [6.07, 6.45) is 2.54. The van der Waals surface area contributed by atoms with Crippen molar-refractivity contribution in [3.8, 4) is 0 Å². The number of benzene rings is 1. The summed E-state index contributed by atoms with van der Waals surface area (Å²) in [5.41, 5.74) is 3.27. The number of hydrogen-bond acceptors (Lipinski definition) is 5. The van der Waals surface area contributed by atoms with Gasteiger partial charge in [0.25, 0.3) is 0 Å². The maximum absolute atomic E-state index is 5.66. The molecule has 1 aromatic carbocycles. The maximum atomic E-state index is 5.66. The number of anilines is 3. The van der Waals surface area contributed by atoms with Crippen molar-refractivity contribution in [2.45, 2.75) is 52.1 Å². The summed E-state index contributed by atoms with van der Waals surface area (Å²) < 4.78 is 5.66. The van der Waals surface area contributed by atoms with Crippen LogP contribution in [-0.4, -0.2) is 29.2 Å². The molecule has 0 spiro atoms. The van der Waals surface area contributed by atoms with Gasteiger partial charge < -0.3 is 15.4 Å². The molecule has 1 aromatic heterocycles.